The minimum Gasteiger partial charge on any atom is -0.479 e. The van der Waals surface area contributed by atoms with E-state index in [-0.39, 0.29) is 0 Å². The van der Waals surface area contributed by atoms with E-state index in [0.717, 1.165) is 0 Å². The van der Waals surface area contributed by atoms with Crippen molar-refractivity contribution in [1.29, 1.82) is 0 Å². The fraction of sp³-hybridized carbons (Fsp3) is 0.556. The molecule has 0 spiro atoms. The second kappa shape index (κ2) is 3.69. The lowest BCUT2D eigenvalue weighted by molar-refractivity contribution is 0.399. The number of nitrogens with zero attached hydrogens (tertiary/aromatic N) is 2. The molecule has 0 saturated heterocycles. The van der Waals surface area contributed by atoms with Crippen LogP contribution in [0.2, 0.25) is 0 Å². The summed E-state index contributed by atoms with van der Waals surface area (Å²) in [6.45, 7) is 0. The Balaban J connectivity index is 2.15. The molecule has 1 heterocycles. The summed E-state index contributed by atoms with van der Waals surface area (Å²) < 4.78 is 5.00. The maximum absolute atomic E-state index is 5.81. The fourth-order valence-corrected chi connectivity index (χ4v) is 1.40. The molecule has 1 aliphatic rings. The number of hydrogen-bond donors (Lipinski definition) is 2. The summed E-state index contributed by atoms with van der Waals surface area (Å²) in [7, 11) is 1.55. The van der Waals surface area contributed by atoms with E-state index in [0.29, 0.717) is 23.4 Å². The molecule has 1 aromatic heterocycles. The van der Waals surface area contributed by atoms with Crippen LogP contribution in [0.15, 0.2) is 6.33 Å². The van der Waals surface area contributed by atoms with Gasteiger partial charge in [0.15, 0.2) is 5.82 Å². The maximum Gasteiger partial charge on any atom is 0.242 e. The molecule has 1 aromatic rings. The second-order valence-electron chi connectivity index (χ2n) is 3.42. The van der Waals surface area contributed by atoms with Crippen LogP contribution in [0.25, 0.3) is 0 Å². The Bertz CT molecular complexity index is 325. The van der Waals surface area contributed by atoms with Gasteiger partial charge in [0.1, 0.15) is 12.0 Å². The van der Waals surface area contributed by atoms with Gasteiger partial charge in [0, 0.05) is 6.04 Å². The van der Waals surface area contributed by atoms with Crippen LogP contribution in [0.4, 0.5) is 11.5 Å². The summed E-state index contributed by atoms with van der Waals surface area (Å²) in [4.78, 5) is 7.99. The summed E-state index contributed by atoms with van der Waals surface area (Å²) in [5, 5.41) is 3.27. The van der Waals surface area contributed by atoms with E-state index in [2.05, 4.69) is 15.3 Å². The Kier molecular flexibility index (Phi) is 2.39. The molecule has 5 heteroatoms. The largest absolute Gasteiger partial charge is 0.479 e. The average molecular weight is 194 g/mol. The zero-order chi connectivity index (χ0) is 9.97. The Morgan fingerprint density at radius 2 is 2.29 bits per heavy atom. The quantitative estimate of drug-likeness (QED) is 0.751. The van der Waals surface area contributed by atoms with Crippen molar-refractivity contribution in [2.75, 3.05) is 18.2 Å². The molecule has 1 fully saturated rings. The lowest BCUT2D eigenvalue weighted by Gasteiger charge is -2.27. The molecule has 1 aliphatic carbocycles. The molecular formula is C9H14N4O. The van der Waals surface area contributed by atoms with Gasteiger partial charge >= 0.3 is 0 Å². The summed E-state index contributed by atoms with van der Waals surface area (Å²) in [5.74, 6) is 1.11. The number of nitrogens with two attached hydrogens (primary N) is 1. The monoisotopic (exact) mass is 194 g/mol. The summed E-state index contributed by atoms with van der Waals surface area (Å²) >= 11 is 0. The summed E-state index contributed by atoms with van der Waals surface area (Å²) in [6, 6.07) is 0.511. The van der Waals surface area contributed by atoms with Crippen molar-refractivity contribution in [2.24, 2.45) is 0 Å². The first-order valence-electron chi connectivity index (χ1n) is 4.72. The first kappa shape index (κ1) is 9.05. The van der Waals surface area contributed by atoms with E-state index in [1.807, 2.05) is 0 Å². The Hall–Kier alpha value is -1.52. The van der Waals surface area contributed by atoms with Crippen molar-refractivity contribution in [2.45, 2.75) is 25.3 Å². The third-order valence-corrected chi connectivity index (χ3v) is 2.49. The lowest BCUT2D eigenvalue weighted by Crippen LogP contribution is -2.28. The normalized spacial score (nSPS) is 16.1. The molecule has 76 valence electrons. The van der Waals surface area contributed by atoms with E-state index in [4.69, 9.17) is 10.5 Å². The van der Waals surface area contributed by atoms with Gasteiger partial charge in [0.2, 0.25) is 5.88 Å². The molecule has 1 saturated carbocycles. The minimum absolute atomic E-state index is 0.432. The van der Waals surface area contributed by atoms with E-state index in [1.165, 1.54) is 25.6 Å². The van der Waals surface area contributed by atoms with Crippen molar-refractivity contribution in [3.8, 4) is 5.88 Å². The molecule has 14 heavy (non-hydrogen) atoms. The van der Waals surface area contributed by atoms with Gasteiger partial charge in [-0.1, -0.05) is 0 Å². The summed E-state index contributed by atoms with van der Waals surface area (Å²) in [5.41, 5.74) is 6.30. The van der Waals surface area contributed by atoms with Crippen molar-refractivity contribution < 1.29 is 4.74 Å². The third kappa shape index (κ3) is 1.57. The third-order valence-electron chi connectivity index (χ3n) is 2.49. The van der Waals surface area contributed by atoms with Gasteiger partial charge in [0.05, 0.1) is 7.11 Å². The standard InChI is InChI=1S/C9H14N4O/c1-14-9-7(10)8(11-5-12-9)13-6-3-2-4-6/h5-6H,2-4,10H2,1H3,(H,11,12,13). The first-order valence-corrected chi connectivity index (χ1v) is 4.72. The van der Waals surface area contributed by atoms with Gasteiger partial charge in [-0.25, -0.2) is 4.98 Å². The fourth-order valence-electron chi connectivity index (χ4n) is 1.40. The number of rotatable bonds is 3. The van der Waals surface area contributed by atoms with Crippen molar-refractivity contribution in [3.63, 3.8) is 0 Å². The molecule has 0 atom stereocenters. The maximum atomic E-state index is 5.81. The van der Waals surface area contributed by atoms with Crippen LogP contribution in [0.5, 0.6) is 5.88 Å². The molecular weight excluding hydrogens is 180 g/mol. The van der Waals surface area contributed by atoms with Gasteiger partial charge in [-0.2, -0.15) is 4.98 Å². The van der Waals surface area contributed by atoms with Gasteiger partial charge in [-0.05, 0) is 19.3 Å². The zero-order valence-corrected chi connectivity index (χ0v) is 8.16. The molecule has 2 rings (SSSR count). The molecule has 0 amide bonds. The highest BCUT2D eigenvalue weighted by atomic mass is 16.5. The lowest BCUT2D eigenvalue weighted by atomic mass is 9.93. The van der Waals surface area contributed by atoms with E-state index < -0.39 is 0 Å². The first-order chi connectivity index (χ1) is 6.81. The van der Waals surface area contributed by atoms with Crippen molar-refractivity contribution in [1.82, 2.24) is 9.97 Å². The minimum atomic E-state index is 0.432. The Morgan fingerprint density at radius 3 is 2.86 bits per heavy atom. The van der Waals surface area contributed by atoms with E-state index >= 15 is 0 Å². The van der Waals surface area contributed by atoms with Crippen LogP contribution in [0.1, 0.15) is 19.3 Å². The van der Waals surface area contributed by atoms with Crippen LogP contribution >= 0.6 is 0 Å². The van der Waals surface area contributed by atoms with Gasteiger partial charge in [-0.3, -0.25) is 0 Å². The predicted molar refractivity (Wildman–Crippen MR) is 54.3 cm³/mol. The van der Waals surface area contributed by atoms with E-state index in [9.17, 15) is 0 Å². The molecule has 0 radical (unpaired) electrons. The van der Waals surface area contributed by atoms with Crippen LogP contribution in [-0.2, 0) is 0 Å². The topological polar surface area (TPSA) is 73.1 Å². The second-order valence-corrected chi connectivity index (χ2v) is 3.42. The Labute approximate surface area is 82.7 Å². The highest BCUT2D eigenvalue weighted by Gasteiger charge is 2.19. The smallest absolute Gasteiger partial charge is 0.242 e. The molecule has 5 nitrogen and oxygen atoms in total. The van der Waals surface area contributed by atoms with Crippen LogP contribution in [-0.4, -0.2) is 23.1 Å². The average Bonchev–Trinajstić information content (AvgIpc) is 2.13. The molecule has 0 aromatic carbocycles. The van der Waals surface area contributed by atoms with Crippen LogP contribution in [0, 0.1) is 0 Å². The number of ether oxygens (including phenoxy) is 1. The number of hydrogen-bond acceptors (Lipinski definition) is 5. The number of anilines is 2. The van der Waals surface area contributed by atoms with Gasteiger partial charge in [-0.15, -0.1) is 0 Å². The number of nitrogen functional groups attached to an aromatic ring is 1. The number of methoxy groups -OCH3 is 1. The van der Waals surface area contributed by atoms with Crippen LogP contribution in [0.3, 0.4) is 0 Å². The SMILES string of the molecule is COc1ncnc(NC2CCC2)c1N. The van der Waals surface area contributed by atoms with Gasteiger partial charge in [0.25, 0.3) is 0 Å². The van der Waals surface area contributed by atoms with Crippen molar-refractivity contribution in [3.05, 3.63) is 6.33 Å². The molecule has 3 N–H and O–H groups in total. The van der Waals surface area contributed by atoms with Gasteiger partial charge < -0.3 is 15.8 Å². The number of nitrogens with one attached hydrogen (secondary N) is 1. The summed E-state index contributed by atoms with van der Waals surface area (Å²) in [6.07, 6.45) is 5.10. The highest BCUT2D eigenvalue weighted by Crippen LogP contribution is 2.28. The molecule has 0 aliphatic heterocycles. The highest BCUT2D eigenvalue weighted by molar-refractivity contribution is 5.66. The zero-order valence-electron chi connectivity index (χ0n) is 8.16. The molecule has 0 bridgehead atoms. The molecule has 0 unspecified atom stereocenters. The predicted octanol–water partition coefficient (Wildman–Crippen LogP) is 1.03. The van der Waals surface area contributed by atoms with E-state index in [1.54, 1.807) is 7.11 Å². The number of aromatic nitrogens is 2. The Morgan fingerprint density at radius 1 is 1.50 bits per heavy atom. The van der Waals surface area contributed by atoms with Crippen molar-refractivity contribution >= 4 is 11.5 Å². The van der Waals surface area contributed by atoms with Crippen LogP contribution < -0.4 is 15.8 Å².